The fraction of sp³-hybridized carbons (Fsp3) is 0.700. The van der Waals surface area contributed by atoms with Crippen molar-refractivity contribution in [1.82, 2.24) is 15.0 Å². The first-order valence-corrected chi connectivity index (χ1v) is 5.19. The number of hydrogen-bond acceptors (Lipinski definition) is 5. The SMILES string of the molecule is CC(=O)Cc1nc(C2CCCN2C)no1. The minimum absolute atomic E-state index is 0.0463. The second kappa shape index (κ2) is 4.10. The maximum atomic E-state index is 10.9. The zero-order valence-electron chi connectivity index (χ0n) is 9.06. The van der Waals surface area contributed by atoms with Gasteiger partial charge in [0, 0.05) is 0 Å². The zero-order valence-corrected chi connectivity index (χ0v) is 9.06. The number of rotatable bonds is 3. The molecule has 0 spiro atoms. The zero-order chi connectivity index (χ0) is 10.8. The Morgan fingerprint density at radius 3 is 3.07 bits per heavy atom. The lowest BCUT2D eigenvalue weighted by Crippen LogP contribution is -2.18. The standard InChI is InChI=1S/C10H15N3O2/c1-7(14)6-9-11-10(12-15-9)8-4-3-5-13(8)2/h8H,3-6H2,1-2H3. The maximum Gasteiger partial charge on any atom is 0.234 e. The van der Waals surface area contributed by atoms with E-state index in [9.17, 15) is 4.79 Å². The van der Waals surface area contributed by atoms with Gasteiger partial charge in [0.2, 0.25) is 5.89 Å². The predicted octanol–water partition coefficient (Wildman–Crippen LogP) is 0.968. The summed E-state index contributed by atoms with van der Waals surface area (Å²) in [7, 11) is 2.05. The topological polar surface area (TPSA) is 59.2 Å². The minimum atomic E-state index is 0.0463. The largest absolute Gasteiger partial charge is 0.339 e. The number of carbonyl (C=O) groups excluding carboxylic acids is 1. The summed E-state index contributed by atoms with van der Waals surface area (Å²) >= 11 is 0. The number of ketones is 1. The Balaban J connectivity index is 2.09. The summed E-state index contributed by atoms with van der Waals surface area (Å²) in [5, 5.41) is 3.92. The molecule has 0 radical (unpaired) electrons. The third kappa shape index (κ3) is 2.23. The van der Waals surface area contributed by atoms with E-state index < -0.39 is 0 Å². The van der Waals surface area contributed by atoms with Gasteiger partial charge in [-0.15, -0.1) is 0 Å². The summed E-state index contributed by atoms with van der Waals surface area (Å²) in [4.78, 5) is 17.3. The van der Waals surface area contributed by atoms with Gasteiger partial charge in [-0.05, 0) is 33.4 Å². The highest BCUT2D eigenvalue weighted by molar-refractivity contribution is 5.77. The van der Waals surface area contributed by atoms with Gasteiger partial charge in [0.1, 0.15) is 5.78 Å². The van der Waals surface area contributed by atoms with Gasteiger partial charge in [-0.2, -0.15) is 4.98 Å². The summed E-state index contributed by atoms with van der Waals surface area (Å²) in [5.41, 5.74) is 0. The van der Waals surface area contributed by atoms with Gasteiger partial charge < -0.3 is 4.52 Å². The molecule has 2 heterocycles. The van der Waals surface area contributed by atoms with Crippen molar-refractivity contribution in [3.8, 4) is 0 Å². The molecule has 1 aliphatic heterocycles. The quantitative estimate of drug-likeness (QED) is 0.742. The van der Waals surface area contributed by atoms with E-state index >= 15 is 0 Å². The number of likely N-dealkylation sites (tertiary alicyclic amines) is 1. The molecule has 0 N–H and O–H groups in total. The number of aromatic nitrogens is 2. The molecule has 1 aromatic heterocycles. The second-order valence-electron chi connectivity index (χ2n) is 4.06. The Bertz CT molecular complexity index is 361. The van der Waals surface area contributed by atoms with Crippen LogP contribution in [0.5, 0.6) is 0 Å². The smallest absolute Gasteiger partial charge is 0.234 e. The third-order valence-electron chi connectivity index (χ3n) is 2.70. The van der Waals surface area contributed by atoms with E-state index in [0.717, 1.165) is 19.4 Å². The molecule has 0 amide bonds. The average Bonchev–Trinajstić information content (AvgIpc) is 2.72. The Kier molecular flexibility index (Phi) is 2.81. The Hall–Kier alpha value is -1.23. The highest BCUT2D eigenvalue weighted by Gasteiger charge is 2.27. The van der Waals surface area contributed by atoms with Crippen LogP contribution in [0, 0.1) is 0 Å². The summed E-state index contributed by atoms with van der Waals surface area (Å²) in [5.74, 6) is 1.19. The normalized spacial score (nSPS) is 22.1. The Morgan fingerprint density at radius 2 is 2.47 bits per heavy atom. The molecule has 82 valence electrons. The Morgan fingerprint density at radius 1 is 1.67 bits per heavy atom. The van der Waals surface area contributed by atoms with Crippen LogP contribution in [0.1, 0.15) is 37.5 Å². The first-order valence-electron chi connectivity index (χ1n) is 5.19. The van der Waals surface area contributed by atoms with Crippen molar-refractivity contribution in [2.24, 2.45) is 0 Å². The van der Waals surface area contributed by atoms with E-state index in [4.69, 9.17) is 4.52 Å². The highest BCUT2D eigenvalue weighted by Crippen LogP contribution is 2.28. The average molecular weight is 209 g/mol. The maximum absolute atomic E-state index is 10.9. The lowest BCUT2D eigenvalue weighted by molar-refractivity contribution is -0.116. The monoisotopic (exact) mass is 209 g/mol. The van der Waals surface area contributed by atoms with Gasteiger partial charge in [0.15, 0.2) is 5.82 Å². The summed E-state index contributed by atoms with van der Waals surface area (Å²) in [6, 6.07) is 0.259. The van der Waals surface area contributed by atoms with Crippen LogP contribution in [-0.4, -0.2) is 34.4 Å². The number of hydrogen-bond donors (Lipinski definition) is 0. The van der Waals surface area contributed by atoms with Crippen LogP contribution in [0.4, 0.5) is 0 Å². The van der Waals surface area contributed by atoms with Crippen molar-refractivity contribution < 1.29 is 9.32 Å². The molecule has 15 heavy (non-hydrogen) atoms. The van der Waals surface area contributed by atoms with Gasteiger partial charge >= 0.3 is 0 Å². The van der Waals surface area contributed by atoms with Crippen molar-refractivity contribution in [3.05, 3.63) is 11.7 Å². The lowest BCUT2D eigenvalue weighted by Gasteiger charge is -2.14. The summed E-state index contributed by atoms with van der Waals surface area (Å²) in [6.07, 6.45) is 2.47. The fourth-order valence-corrected chi connectivity index (χ4v) is 1.92. The molecule has 1 atom stereocenters. The van der Waals surface area contributed by atoms with Crippen LogP contribution in [0.15, 0.2) is 4.52 Å². The van der Waals surface area contributed by atoms with Crippen molar-refractivity contribution in [3.63, 3.8) is 0 Å². The van der Waals surface area contributed by atoms with Crippen molar-refractivity contribution in [1.29, 1.82) is 0 Å². The van der Waals surface area contributed by atoms with Crippen LogP contribution >= 0.6 is 0 Å². The van der Waals surface area contributed by atoms with Crippen LogP contribution in [0.2, 0.25) is 0 Å². The highest BCUT2D eigenvalue weighted by atomic mass is 16.5. The van der Waals surface area contributed by atoms with E-state index in [1.807, 2.05) is 0 Å². The molecular formula is C10H15N3O2. The van der Waals surface area contributed by atoms with Gasteiger partial charge in [-0.1, -0.05) is 5.16 Å². The molecule has 0 bridgehead atoms. The number of carbonyl (C=O) groups is 1. The molecule has 1 unspecified atom stereocenters. The molecule has 0 aromatic carbocycles. The molecule has 1 saturated heterocycles. The predicted molar refractivity (Wildman–Crippen MR) is 53.3 cm³/mol. The van der Waals surface area contributed by atoms with Crippen LogP contribution < -0.4 is 0 Å². The molecular weight excluding hydrogens is 194 g/mol. The first-order chi connectivity index (χ1) is 7.16. The van der Waals surface area contributed by atoms with Gasteiger partial charge in [0.25, 0.3) is 0 Å². The van der Waals surface area contributed by atoms with Crippen molar-refractivity contribution in [2.45, 2.75) is 32.2 Å². The lowest BCUT2D eigenvalue weighted by atomic mass is 10.2. The van der Waals surface area contributed by atoms with Crippen LogP contribution in [0.3, 0.4) is 0 Å². The summed E-state index contributed by atoms with van der Waals surface area (Å²) < 4.78 is 5.03. The fourth-order valence-electron chi connectivity index (χ4n) is 1.92. The minimum Gasteiger partial charge on any atom is -0.339 e. The molecule has 0 aliphatic carbocycles. The van der Waals surface area contributed by atoms with E-state index in [0.29, 0.717) is 11.7 Å². The van der Waals surface area contributed by atoms with Gasteiger partial charge in [-0.25, -0.2) is 0 Å². The number of Topliss-reactive ketones (excluding diaryl/α,β-unsaturated/α-hetero) is 1. The van der Waals surface area contributed by atoms with Gasteiger partial charge in [-0.3, -0.25) is 9.69 Å². The third-order valence-corrected chi connectivity index (χ3v) is 2.70. The van der Waals surface area contributed by atoms with Crippen LogP contribution in [-0.2, 0) is 11.2 Å². The second-order valence-corrected chi connectivity index (χ2v) is 4.06. The van der Waals surface area contributed by atoms with Gasteiger partial charge in [0.05, 0.1) is 12.5 Å². The van der Waals surface area contributed by atoms with E-state index in [-0.39, 0.29) is 18.2 Å². The van der Waals surface area contributed by atoms with E-state index in [1.165, 1.54) is 6.92 Å². The first kappa shape index (κ1) is 10.3. The molecule has 2 rings (SSSR count). The molecule has 1 aliphatic rings. The summed E-state index contributed by atoms with van der Waals surface area (Å²) in [6.45, 7) is 2.59. The van der Waals surface area contributed by atoms with E-state index in [2.05, 4.69) is 22.1 Å². The van der Waals surface area contributed by atoms with Crippen molar-refractivity contribution in [2.75, 3.05) is 13.6 Å². The molecule has 5 nitrogen and oxygen atoms in total. The molecule has 1 fully saturated rings. The van der Waals surface area contributed by atoms with Crippen LogP contribution in [0.25, 0.3) is 0 Å². The molecule has 0 saturated carbocycles. The molecule has 5 heteroatoms. The van der Waals surface area contributed by atoms with Crippen molar-refractivity contribution >= 4 is 5.78 Å². The number of nitrogens with zero attached hydrogens (tertiary/aromatic N) is 3. The Labute approximate surface area is 88.5 Å². The molecule has 1 aromatic rings. The van der Waals surface area contributed by atoms with E-state index in [1.54, 1.807) is 0 Å².